The molecule has 38 heavy (non-hydrogen) atoms. The molecule has 14 heteroatoms. The van der Waals surface area contributed by atoms with Crippen LogP contribution < -0.4 is 14.8 Å². The number of sulfone groups is 1. The van der Waals surface area contributed by atoms with Crippen LogP contribution >= 0.6 is 15.9 Å². The Morgan fingerprint density at radius 2 is 1.92 bits per heavy atom. The number of benzene rings is 1. The van der Waals surface area contributed by atoms with Crippen molar-refractivity contribution in [3.63, 3.8) is 0 Å². The van der Waals surface area contributed by atoms with Gasteiger partial charge in [-0.15, -0.1) is 0 Å². The summed E-state index contributed by atoms with van der Waals surface area (Å²) in [5.41, 5.74) is 1.38. The molecule has 0 radical (unpaired) electrons. The highest BCUT2D eigenvalue weighted by molar-refractivity contribution is 9.10. The van der Waals surface area contributed by atoms with Crippen molar-refractivity contribution in [1.29, 1.82) is 0 Å². The van der Waals surface area contributed by atoms with Crippen LogP contribution in [0.5, 0.6) is 11.6 Å². The summed E-state index contributed by atoms with van der Waals surface area (Å²) >= 11 is 3.30. The van der Waals surface area contributed by atoms with Crippen molar-refractivity contribution >= 4 is 48.0 Å². The van der Waals surface area contributed by atoms with E-state index in [9.17, 15) is 21.6 Å². The number of sulfonamides is 1. The number of carbonyl (C=O) groups excluding carboxylic acids is 1. The van der Waals surface area contributed by atoms with E-state index in [0.29, 0.717) is 35.1 Å². The highest BCUT2D eigenvalue weighted by Crippen LogP contribution is 2.31. The van der Waals surface area contributed by atoms with Crippen LogP contribution in [0.1, 0.15) is 26.2 Å². The fourth-order valence-corrected chi connectivity index (χ4v) is 6.19. The first-order valence-electron chi connectivity index (χ1n) is 11.6. The number of ether oxygens (including phenoxy) is 2. The van der Waals surface area contributed by atoms with E-state index in [2.05, 4.69) is 35.9 Å². The number of esters is 1. The van der Waals surface area contributed by atoms with E-state index in [4.69, 9.17) is 9.47 Å². The van der Waals surface area contributed by atoms with Crippen LogP contribution in [0.15, 0.2) is 67.1 Å². The van der Waals surface area contributed by atoms with Crippen LogP contribution in [-0.4, -0.2) is 66.5 Å². The number of carbonyl (C=O) groups is 1. The van der Waals surface area contributed by atoms with Gasteiger partial charge in [-0.25, -0.2) is 26.5 Å². The van der Waals surface area contributed by atoms with Crippen LogP contribution in [0.3, 0.4) is 0 Å². The predicted molar refractivity (Wildman–Crippen MR) is 146 cm³/mol. The molecule has 0 aliphatic heterocycles. The minimum atomic E-state index is -3.99. The van der Waals surface area contributed by atoms with Crippen LogP contribution in [-0.2, 0) is 29.4 Å². The zero-order chi connectivity index (χ0) is 27.9. The average molecular weight is 630 g/mol. The molecular weight excluding hydrogens is 600 g/mol. The third-order valence-electron chi connectivity index (χ3n) is 5.52. The lowest BCUT2D eigenvalue weighted by Gasteiger charge is -2.28. The zero-order valence-corrected chi connectivity index (χ0v) is 24.3. The van der Waals surface area contributed by atoms with Gasteiger partial charge >= 0.3 is 5.97 Å². The third-order valence-corrected chi connectivity index (χ3v) is 8.65. The normalized spacial score (nSPS) is 16.5. The van der Waals surface area contributed by atoms with Gasteiger partial charge in [0.15, 0.2) is 9.84 Å². The summed E-state index contributed by atoms with van der Waals surface area (Å²) in [6.07, 6.45) is 5.75. The summed E-state index contributed by atoms with van der Waals surface area (Å²) < 4.78 is 63.4. The molecule has 0 bridgehead atoms. The molecule has 1 heterocycles. The van der Waals surface area contributed by atoms with E-state index in [1.807, 2.05) is 0 Å². The topological polar surface area (TPSA) is 153 Å². The Kier molecular flexibility index (Phi) is 10.0. The van der Waals surface area contributed by atoms with Gasteiger partial charge in [0.05, 0.1) is 28.2 Å². The Morgan fingerprint density at radius 1 is 1.21 bits per heavy atom. The number of aliphatic imine (C=N–C) groups is 1. The van der Waals surface area contributed by atoms with Crippen molar-refractivity contribution in [3.05, 3.63) is 52.3 Å². The van der Waals surface area contributed by atoms with Crippen molar-refractivity contribution in [2.24, 2.45) is 4.99 Å². The zero-order valence-electron chi connectivity index (χ0n) is 21.1. The maximum atomic E-state index is 13.2. The van der Waals surface area contributed by atoms with E-state index < -0.39 is 31.9 Å². The lowest BCUT2D eigenvalue weighted by atomic mass is 9.92. The van der Waals surface area contributed by atoms with E-state index in [-0.39, 0.29) is 28.8 Å². The summed E-state index contributed by atoms with van der Waals surface area (Å²) in [6.45, 7) is 1.97. The predicted octanol–water partition coefficient (Wildman–Crippen LogP) is 2.98. The van der Waals surface area contributed by atoms with Crippen LogP contribution in [0.4, 0.5) is 0 Å². The molecule has 1 aliphatic carbocycles. The maximum Gasteiger partial charge on any atom is 0.325 e. The highest BCUT2D eigenvalue weighted by Gasteiger charge is 2.28. The van der Waals surface area contributed by atoms with E-state index in [1.54, 1.807) is 20.2 Å². The Balaban J connectivity index is 1.78. The quantitative estimate of drug-likeness (QED) is 0.282. The molecule has 1 aromatic heterocycles. The van der Waals surface area contributed by atoms with Gasteiger partial charge in [-0.2, -0.15) is 0 Å². The molecule has 3 rings (SSSR count). The number of halogens is 1. The van der Waals surface area contributed by atoms with Gasteiger partial charge in [-0.3, -0.25) is 9.79 Å². The molecule has 0 saturated heterocycles. The van der Waals surface area contributed by atoms with Gasteiger partial charge in [0, 0.05) is 30.8 Å². The summed E-state index contributed by atoms with van der Waals surface area (Å²) in [5.74, 6) is 0.0379. The molecule has 0 spiro atoms. The Morgan fingerprint density at radius 3 is 2.53 bits per heavy atom. The molecule has 2 aromatic rings. The Labute approximate surface area is 230 Å². The highest BCUT2D eigenvalue weighted by atomic mass is 79.9. The number of pyridine rings is 1. The lowest BCUT2D eigenvalue weighted by molar-refractivity contribution is -0.141. The molecule has 0 amide bonds. The van der Waals surface area contributed by atoms with Crippen LogP contribution in [0.25, 0.3) is 0 Å². The Hall–Kier alpha value is -2.81. The number of hydrogen-bond donors (Lipinski definition) is 2. The molecule has 0 fully saturated rings. The minimum Gasteiger partial charge on any atom is -0.465 e. The second-order valence-electron chi connectivity index (χ2n) is 8.35. The number of rotatable bonds is 11. The van der Waals surface area contributed by atoms with E-state index >= 15 is 0 Å². The first-order chi connectivity index (χ1) is 17.9. The molecule has 1 unspecified atom stereocenters. The molecule has 206 valence electrons. The van der Waals surface area contributed by atoms with Crippen LogP contribution in [0.2, 0.25) is 0 Å². The lowest BCUT2D eigenvalue weighted by Crippen LogP contribution is -2.41. The van der Waals surface area contributed by atoms with Gasteiger partial charge in [0.25, 0.3) is 0 Å². The van der Waals surface area contributed by atoms with Crippen molar-refractivity contribution in [2.45, 2.75) is 42.0 Å². The van der Waals surface area contributed by atoms with Crippen molar-refractivity contribution in [1.82, 2.24) is 15.0 Å². The first-order valence-corrected chi connectivity index (χ1v) is 15.8. The van der Waals surface area contributed by atoms with Gasteiger partial charge in [0.1, 0.15) is 17.2 Å². The SMILES string of the molecule is CCOC(=O)CNC1=C(C=NC)C(NS(=O)(=O)c2cnc(Oc3ccc(S(C)(=O)=O)cc3)c(Br)c2)CCC1. The van der Waals surface area contributed by atoms with Gasteiger partial charge in [-0.05, 0) is 72.4 Å². The van der Waals surface area contributed by atoms with Crippen LogP contribution in [0, 0.1) is 0 Å². The average Bonchev–Trinajstić information content (AvgIpc) is 2.85. The summed E-state index contributed by atoms with van der Waals surface area (Å²) in [6, 6.07) is 6.59. The molecule has 1 atom stereocenters. The van der Waals surface area contributed by atoms with Crippen molar-refractivity contribution < 1.29 is 31.1 Å². The van der Waals surface area contributed by atoms with Gasteiger partial charge < -0.3 is 14.8 Å². The monoisotopic (exact) mass is 628 g/mol. The summed E-state index contributed by atoms with van der Waals surface area (Å²) in [5, 5.41) is 3.06. The Bertz CT molecular complexity index is 1440. The maximum absolute atomic E-state index is 13.2. The first kappa shape index (κ1) is 29.7. The van der Waals surface area contributed by atoms with Crippen molar-refractivity contribution in [3.8, 4) is 11.6 Å². The van der Waals surface area contributed by atoms with Gasteiger partial charge in [-0.1, -0.05) is 0 Å². The molecule has 0 saturated carbocycles. The largest absolute Gasteiger partial charge is 0.465 e. The smallest absolute Gasteiger partial charge is 0.325 e. The molecule has 11 nitrogen and oxygen atoms in total. The van der Waals surface area contributed by atoms with Gasteiger partial charge in [0.2, 0.25) is 15.9 Å². The second kappa shape index (κ2) is 12.8. The third kappa shape index (κ3) is 7.85. The number of nitrogens with zero attached hydrogens (tertiary/aromatic N) is 2. The summed E-state index contributed by atoms with van der Waals surface area (Å²) in [7, 11) is -5.75. The number of nitrogens with one attached hydrogen (secondary N) is 2. The fraction of sp³-hybridized carbons (Fsp3) is 0.375. The second-order valence-corrected chi connectivity index (χ2v) is 12.9. The van der Waals surface area contributed by atoms with Crippen molar-refractivity contribution in [2.75, 3.05) is 26.5 Å². The fourth-order valence-electron chi connectivity index (χ4n) is 3.76. The molecule has 1 aliphatic rings. The minimum absolute atomic E-state index is 0.0288. The number of allylic oxidation sites excluding steroid dienone is 1. The van der Waals surface area contributed by atoms with E-state index in [1.165, 1.54) is 36.5 Å². The molecule has 2 N–H and O–H groups in total. The number of aromatic nitrogens is 1. The summed E-state index contributed by atoms with van der Waals surface area (Å²) in [4.78, 5) is 20.0. The molecular formula is C24H29BrN4O7S2. The number of hydrogen-bond acceptors (Lipinski definition) is 10. The molecule has 1 aromatic carbocycles. The standard InChI is InChI=1S/C24H29BrN4O7S2/c1-4-35-23(30)15-27-21-6-5-7-22(19(21)14-26-2)29-38(33,34)18-12-20(25)24(28-13-18)36-16-8-10-17(11-9-16)37(3,31)32/h8-14,22,27,29H,4-7,15H2,1-3H3. The van der Waals surface area contributed by atoms with E-state index in [0.717, 1.165) is 12.0 Å².